The Morgan fingerprint density at radius 2 is 1.26 bits per heavy atom. The van der Waals surface area contributed by atoms with Gasteiger partial charge in [-0.1, -0.05) is 59.3 Å². The molecule has 0 fully saturated rings. The smallest absolute Gasteiger partial charge is 0.321 e. The first kappa shape index (κ1) is 22.1. The molecule has 0 bridgehead atoms. The van der Waals surface area contributed by atoms with Gasteiger partial charge < -0.3 is 18.9 Å². The van der Waals surface area contributed by atoms with Gasteiger partial charge in [-0.2, -0.15) is 0 Å². The molecule has 0 rings (SSSR count). The van der Waals surface area contributed by atoms with Gasteiger partial charge in [0.15, 0.2) is 12.6 Å². The Morgan fingerprint density at radius 1 is 0.652 bits per heavy atom. The van der Waals surface area contributed by atoms with Crippen LogP contribution in [0.25, 0.3) is 0 Å². The monoisotopic (exact) mass is 330 g/mol. The predicted octanol–water partition coefficient (Wildman–Crippen LogP) is 5.77. The number of hydrogen-bond acceptors (Lipinski definition) is 4. The standard InChI is InChI=1S/C19H38O4/c1-5-8-11-12-13-14-18(21-15-9-6-2)19(23-17-20-4)22-16-10-7-3/h5-17H2,1-4H3. The highest BCUT2D eigenvalue weighted by molar-refractivity contribution is 4.95. The lowest BCUT2D eigenvalue weighted by Crippen LogP contribution is -2.09. The summed E-state index contributed by atoms with van der Waals surface area (Å²) in [5.41, 5.74) is 0. The van der Waals surface area contributed by atoms with Gasteiger partial charge >= 0.3 is 5.95 Å². The van der Waals surface area contributed by atoms with Crippen LogP contribution in [0.2, 0.25) is 0 Å². The van der Waals surface area contributed by atoms with E-state index in [9.17, 15) is 0 Å². The molecular formula is C19H38O4. The third-order valence-corrected chi connectivity index (χ3v) is 3.55. The summed E-state index contributed by atoms with van der Waals surface area (Å²) < 4.78 is 22.4. The summed E-state index contributed by atoms with van der Waals surface area (Å²) in [5.74, 6) is 1.37. The average molecular weight is 331 g/mol. The lowest BCUT2D eigenvalue weighted by Gasteiger charge is -2.17. The van der Waals surface area contributed by atoms with Gasteiger partial charge in [-0.05, 0) is 19.3 Å². The second-order valence-electron chi connectivity index (χ2n) is 5.83. The maximum Gasteiger partial charge on any atom is 0.321 e. The molecule has 0 saturated carbocycles. The maximum atomic E-state index is 5.95. The molecule has 0 aromatic carbocycles. The first-order valence-electron chi connectivity index (χ1n) is 9.40. The van der Waals surface area contributed by atoms with E-state index in [2.05, 4.69) is 20.8 Å². The van der Waals surface area contributed by atoms with Crippen molar-refractivity contribution in [1.82, 2.24) is 0 Å². The van der Waals surface area contributed by atoms with Gasteiger partial charge in [0, 0.05) is 13.5 Å². The zero-order valence-electron chi connectivity index (χ0n) is 15.8. The summed E-state index contributed by atoms with van der Waals surface area (Å²) in [6.07, 6.45) is 11.3. The van der Waals surface area contributed by atoms with Gasteiger partial charge in [0.2, 0.25) is 0 Å². The molecule has 0 saturated heterocycles. The van der Waals surface area contributed by atoms with Crippen molar-refractivity contribution >= 4 is 0 Å². The Morgan fingerprint density at radius 3 is 1.87 bits per heavy atom. The zero-order valence-corrected chi connectivity index (χ0v) is 15.8. The highest BCUT2D eigenvalue weighted by Crippen LogP contribution is 2.19. The van der Waals surface area contributed by atoms with Crippen molar-refractivity contribution in [3.05, 3.63) is 11.7 Å². The molecule has 0 unspecified atom stereocenters. The molecule has 0 spiro atoms. The minimum absolute atomic E-state index is 0.192. The Kier molecular flexibility index (Phi) is 16.8. The summed E-state index contributed by atoms with van der Waals surface area (Å²) in [6, 6.07) is 0. The summed E-state index contributed by atoms with van der Waals surface area (Å²) in [6.45, 7) is 8.12. The highest BCUT2D eigenvalue weighted by Gasteiger charge is 2.12. The van der Waals surface area contributed by atoms with Gasteiger partial charge in [-0.25, -0.2) is 0 Å². The van der Waals surface area contributed by atoms with Crippen LogP contribution in [0.15, 0.2) is 11.7 Å². The fraction of sp³-hybridized carbons (Fsp3) is 0.895. The number of rotatable bonds is 17. The normalized spacial score (nSPS) is 12.0. The van der Waals surface area contributed by atoms with Gasteiger partial charge in [0.1, 0.15) is 0 Å². The van der Waals surface area contributed by atoms with E-state index in [0.29, 0.717) is 12.6 Å². The molecule has 0 aliphatic heterocycles. The number of hydrogen-bond donors (Lipinski definition) is 0. The van der Waals surface area contributed by atoms with Gasteiger partial charge in [0.25, 0.3) is 0 Å². The molecule has 0 aromatic rings. The van der Waals surface area contributed by atoms with Crippen LogP contribution in [0, 0.1) is 0 Å². The fourth-order valence-corrected chi connectivity index (χ4v) is 2.09. The van der Waals surface area contributed by atoms with Crippen molar-refractivity contribution in [3.63, 3.8) is 0 Å². The maximum absolute atomic E-state index is 5.95. The van der Waals surface area contributed by atoms with Gasteiger partial charge in [-0.15, -0.1) is 0 Å². The number of unbranched alkanes of at least 4 members (excludes halogenated alkanes) is 6. The van der Waals surface area contributed by atoms with E-state index in [1.807, 2.05) is 0 Å². The first-order valence-corrected chi connectivity index (χ1v) is 9.40. The molecule has 0 N–H and O–H groups in total. The second kappa shape index (κ2) is 17.5. The largest absolute Gasteiger partial charge is 0.491 e. The molecule has 0 aliphatic rings. The molecule has 0 aliphatic carbocycles. The topological polar surface area (TPSA) is 36.9 Å². The quantitative estimate of drug-likeness (QED) is 0.193. The van der Waals surface area contributed by atoms with E-state index in [1.54, 1.807) is 7.11 Å². The van der Waals surface area contributed by atoms with Crippen molar-refractivity contribution in [2.45, 2.75) is 85.0 Å². The van der Waals surface area contributed by atoms with E-state index in [1.165, 1.54) is 25.7 Å². The van der Waals surface area contributed by atoms with Gasteiger partial charge in [-0.3, -0.25) is 0 Å². The molecule has 0 atom stereocenters. The van der Waals surface area contributed by atoms with Crippen LogP contribution in [0.3, 0.4) is 0 Å². The SMILES string of the molecule is CCCCCCCC(OCCCC)=C(OCCCC)OCOC. The average Bonchev–Trinajstić information content (AvgIpc) is 2.56. The van der Waals surface area contributed by atoms with Crippen LogP contribution in [-0.4, -0.2) is 27.1 Å². The van der Waals surface area contributed by atoms with Crippen molar-refractivity contribution < 1.29 is 18.9 Å². The summed E-state index contributed by atoms with van der Waals surface area (Å²) in [7, 11) is 1.62. The van der Waals surface area contributed by atoms with Gasteiger partial charge in [0.05, 0.1) is 13.2 Å². The van der Waals surface area contributed by atoms with E-state index >= 15 is 0 Å². The molecule has 0 amide bonds. The number of methoxy groups -OCH3 is 1. The molecule has 23 heavy (non-hydrogen) atoms. The third-order valence-electron chi connectivity index (χ3n) is 3.55. The number of allylic oxidation sites excluding steroid dienone is 1. The summed E-state index contributed by atoms with van der Waals surface area (Å²) in [5, 5.41) is 0. The molecule has 4 nitrogen and oxygen atoms in total. The van der Waals surface area contributed by atoms with E-state index in [4.69, 9.17) is 18.9 Å². The zero-order chi connectivity index (χ0) is 17.2. The molecule has 0 aromatic heterocycles. The minimum atomic E-state index is 0.192. The predicted molar refractivity (Wildman–Crippen MR) is 95.1 cm³/mol. The van der Waals surface area contributed by atoms with Crippen molar-refractivity contribution in [2.24, 2.45) is 0 Å². The first-order chi connectivity index (χ1) is 11.3. The van der Waals surface area contributed by atoms with Crippen LogP contribution in [-0.2, 0) is 18.9 Å². The van der Waals surface area contributed by atoms with Crippen molar-refractivity contribution in [3.8, 4) is 0 Å². The molecule has 0 radical (unpaired) electrons. The molecule has 0 heterocycles. The Bertz CT molecular complexity index is 277. The lowest BCUT2D eigenvalue weighted by molar-refractivity contribution is -0.0690. The van der Waals surface area contributed by atoms with Crippen LogP contribution >= 0.6 is 0 Å². The molecule has 4 heteroatoms. The van der Waals surface area contributed by atoms with Crippen molar-refractivity contribution in [1.29, 1.82) is 0 Å². The van der Waals surface area contributed by atoms with Crippen LogP contribution < -0.4 is 0 Å². The van der Waals surface area contributed by atoms with Crippen LogP contribution in [0.5, 0.6) is 0 Å². The van der Waals surface area contributed by atoms with E-state index < -0.39 is 0 Å². The third kappa shape index (κ3) is 13.3. The highest BCUT2D eigenvalue weighted by atomic mass is 16.7. The minimum Gasteiger partial charge on any atom is -0.491 e. The Hall–Kier alpha value is -0.900. The summed E-state index contributed by atoms with van der Waals surface area (Å²) >= 11 is 0. The molecule has 138 valence electrons. The molecular weight excluding hydrogens is 292 g/mol. The Balaban J connectivity index is 4.61. The fourth-order valence-electron chi connectivity index (χ4n) is 2.09. The van der Waals surface area contributed by atoms with E-state index in [-0.39, 0.29) is 6.79 Å². The summed E-state index contributed by atoms with van der Waals surface area (Å²) in [4.78, 5) is 0. The van der Waals surface area contributed by atoms with Crippen molar-refractivity contribution in [2.75, 3.05) is 27.1 Å². The second-order valence-corrected chi connectivity index (χ2v) is 5.83. The lowest BCUT2D eigenvalue weighted by atomic mass is 10.1. The Labute approximate surface area is 143 Å². The van der Waals surface area contributed by atoms with Crippen LogP contribution in [0.4, 0.5) is 0 Å². The van der Waals surface area contributed by atoms with E-state index in [0.717, 1.165) is 50.9 Å². The number of ether oxygens (including phenoxy) is 4. The van der Waals surface area contributed by atoms with Crippen LogP contribution in [0.1, 0.15) is 85.0 Å².